The first kappa shape index (κ1) is 10.9. The van der Waals surface area contributed by atoms with Crippen LogP contribution >= 0.6 is 0 Å². The summed E-state index contributed by atoms with van der Waals surface area (Å²) in [5.74, 6) is 0.982. The summed E-state index contributed by atoms with van der Waals surface area (Å²) in [5.41, 5.74) is 5.25. The highest BCUT2D eigenvalue weighted by Crippen LogP contribution is 2.43. The number of benzene rings is 2. The van der Waals surface area contributed by atoms with E-state index in [1.54, 1.807) is 0 Å². The maximum Gasteiger partial charge on any atom is 0.144 e. The van der Waals surface area contributed by atoms with Gasteiger partial charge in [-0.1, -0.05) is 37.3 Å². The lowest BCUT2D eigenvalue weighted by Gasteiger charge is -2.31. The Labute approximate surface area is 113 Å². The molecule has 2 nitrogen and oxygen atoms in total. The van der Waals surface area contributed by atoms with Gasteiger partial charge in [-0.2, -0.15) is 0 Å². The Morgan fingerprint density at radius 1 is 1.21 bits per heavy atom. The number of ether oxygens (including phenoxy) is 1. The molecule has 0 radical (unpaired) electrons. The van der Waals surface area contributed by atoms with Crippen LogP contribution in [0.25, 0.3) is 0 Å². The fourth-order valence-electron chi connectivity index (χ4n) is 3.18. The van der Waals surface area contributed by atoms with Crippen LogP contribution in [0.1, 0.15) is 29.7 Å². The lowest BCUT2D eigenvalue weighted by Crippen LogP contribution is -2.32. The van der Waals surface area contributed by atoms with Gasteiger partial charge in [0.2, 0.25) is 0 Å². The average molecular weight is 251 g/mol. The second kappa shape index (κ2) is 4.02. The van der Waals surface area contributed by atoms with Crippen LogP contribution in [0.15, 0.2) is 42.5 Å². The second-order valence-corrected chi connectivity index (χ2v) is 5.38. The number of anilines is 1. The van der Waals surface area contributed by atoms with E-state index in [1.807, 2.05) is 0 Å². The van der Waals surface area contributed by atoms with Gasteiger partial charge in [0.05, 0.1) is 11.7 Å². The molecule has 4 rings (SSSR count). The van der Waals surface area contributed by atoms with Crippen molar-refractivity contribution in [2.24, 2.45) is 0 Å². The van der Waals surface area contributed by atoms with Crippen LogP contribution in [0.4, 0.5) is 5.69 Å². The predicted molar refractivity (Wildman–Crippen MR) is 76.7 cm³/mol. The van der Waals surface area contributed by atoms with Crippen LogP contribution in [0, 0.1) is 0 Å². The molecule has 0 aromatic heterocycles. The summed E-state index contributed by atoms with van der Waals surface area (Å²) in [5, 5.41) is 3.66. The number of hydrogen-bond donors (Lipinski definition) is 1. The third-order valence-electron chi connectivity index (χ3n) is 4.21. The van der Waals surface area contributed by atoms with Crippen molar-refractivity contribution in [3.8, 4) is 5.75 Å². The van der Waals surface area contributed by atoms with Crippen LogP contribution in [0.5, 0.6) is 5.75 Å². The highest BCUT2D eigenvalue weighted by atomic mass is 16.5. The zero-order valence-electron chi connectivity index (χ0n) is 11.0. The van der Waals surface area contributed by atoms with Crippen molar-refractivity contribution < 1.29 is 4.74 Å². The van der Waals surface area contributed by atoms with Gasteiger partial charge in [-0.05, 0) is 41.7 Å². The molecule has 2 aromatic rings. The Balaban J connectivity index is 1.73. The van der Waals surface area contributed by atoms with Gasteiger partial charge in [0, 0.05) is 0 Å². The van der Waals surface area contributed by atoms with Crippen LogP contribution in [-0.2, 0) is 12.8 Å². The molecule has 0 saturated heterocycles. The first-order valence-electron chi connectivity index (χ1n) is 6.99. The summed E-state index contributed by atoms with van der Waals surface area (Å²) in [6, 6.07) is 15.4. The molecule has 2 heteroatoms. The van der Waals surface area contributed by atoms with E-state index in [-0.39, 0.29) is 6.10 Å². The van der Waals surface area contributed by atoms with Crippen molar-refractivity contribution >= 4 is 5.69 Å². The largest absolute Gasteiger partial charge is 0.481 e. The van der Waals surface area contributed by atoms with Gasteiger partial charge >= 0.3 is 0 Å². The molecule has 0 amide bonds. The SMILES string of the molecule is CCc1ccc2c(c1)NC1Cc3ccccc3C1O2. The van der Waals surface area contributed by atoms with Crippen molar-refractivity contribution in [2.75, 3.05) is 5.32 Å². The molecule has 0 spiro atoms. The smallest absolute Gasteiger partial charge is 0.144 e. The third-order valence-corrected chi connectivity index (χ3v) is 4.21. The highest BCUT2D eigenvalue weighted by Gasteiger charge is 2.37. The van der Waals surface area contributed by atoms with Crippen molar-refractivity contribution in [2.45, 2.75) is 31.9 Å². The molecular formula is C17H17NO. The normalized spacial score (nSPS) is 22.8. The van der Waals surface area contributed by atoms with E-state index < -0.39 is 0 Å². The van der Waals surface area contributed by atoms with Gasteiger partial charge in [0.25, 0.3) is 0 Å². The Kier molecular flexibility index (Phi) is 2.31. The number of nitrogens with one attached hydrogen (secondary N) is 1. The van der Waals surface area contributed by atoms with Crippen LogP contribution in [0.2, 0.25) is 0 Å². The quantitative estimate of drug-likeness (QED) is 0.834. The molecule has 19 heavy (non-hydrogen) atoms. The lowest BCUT2D eigenvalue weighted by atomic mass is 10.1. The second-order valence-electron chi connectivity index (χ2n) is 5.38. The molecule has 0 saturated carbocycles. The van der Waals surface area contributed by atoms with Gasteiger partial charge in [-0.15, -0.1) is 0 Å². The standard InChI is InChI=1S/C17H17NO/c1-2-11-7-8-16-14(9-11)18-15-10-12-5-3-4-6-13(12)17(15)19-16/h3-9,15,17-18H,2,10H2,1H3. The van der Waals surface area contributed by atoms with Crippen molar-refractivity contribution in [1.29, 1.82) is 0 Å². The van der Waals surface area contributed by atoms with Crippen molar-refractivity contribution in [1.82, 2.24) is 0 Å². The van der Waals surface area contributed by atoms with E-state index in [9.17, 15) is 0 Å². The summed E-state index contributed by atoms with van der Waals surface area (Å²) < 4.78 is 6.22. The van der Waals surface area contributed by atoms with Crippen molar-refractivity contribution in [3.63, 3.8) is 0 Å². The molecule has 0 fully saturated rings. The molecule has 96 valence electrons. The molecule has 2 aliphatic rings. The minimum atomic E-state index is 0.163. The van der Waals surface area contributed by atoms with Gasteiger partial charge < -0.3 is 10.1 Å². The molecular weight excluding hydrogens is 234 g/mol. The molecule has 1 heterocycles. The Bertz CT molecular complexity index is 635. The Morgan fingerprint density at radius 3 is 3.00 bits per heavy atom. The number of rotatable bonds is 1. The van der Waals surface area contributed by atoms with Crippen LogP contribution in [0.3, 0.4) is 0 Å². The number of hydrogen-bond acceptors (Lipinski definition) is 2. The highest BCUT2D eigenvalue weighted by molar-refractivity contribution is 5.62. The van der Waals surface area contributed by atoms with E-state index in [0.29, 0.717) is 6.04 Å². The molecule has 2 unspecified atom stereocenters. The van der Waals surface area contributed by atoms with Gasteiger partial charge in [0.1, 0.15) is 11.9 Å². The Hall–Kier alpha value is -1.96. The zero-order chi connectivity index (χ0) is 12.8. The first-order valence-corrected chi connectivity index (χ1v) is 6.99. The maximum absolute atomic E-state index is 6.22. The lowest BCUT2D eigenvalue weighted by molar-refractivity contribution is 0.183. The first-order chi connectivity index (χ1) is 9.35. The van der Waals surface area contributed by atoms with Gasteiger partial charge in [-0.25, -0.2) is 0 Å². The number of fused-ring (bicyclic) bond motifs is 4. The van der Waals surface area contributed by atoms with E-state index in [1.165, 1.54) is 16.7 Å². The van der Waals surface area contributed by atoms with Crippen LogP contribution < -0.4 is 10.1 Å². The minimum Gasteiger partial charge on any atom is -0.481 e. The topological polar surface area (TPSA) is 21.3 Å². The van der Waals surface area contributed by atoms with Crippen molar-refractivity contribution in [3.05, 3.63) is 59.2 Å². The van der Waals surface area contributed by atoms with Gasteiger partial charge in [0.15, 0.2) is 0 Å². The average Bonchev–Trinajstić information content (AvgIpc) is 2.81. The van der Waals surface area contributed by atoms with E-state index in [0.717, 1.165) is 24.3 Å². The molecule has 1 aliphatic carbocycles. The number of aryl methyl sites for hydroxylation is 1. The zero-order valence-corrected chi connectivity index (χ0v) is 11.0. The Morgan fingerprint density at radius 2 is 2.11 bits per heavy atom. The van der Waals surface area contributed by atoms with E-state index in [2.05, 4.69) is 54.7 Å². The fraction of sp³-hybridized carbons (Fsp3) is 0.294. The summed E-state index contributed by atoms with van der Waals surface area (Å²) in [4.78, 5) is 0. The third kappa shape index (κ3) is 1.63. The minimum absolute atomic E-state index is 0.163. The van der Waals surface area contributed by atoms with E-state index in [4.69, 9.17) is 4.74 Å². The maximum atomic E-state index is 6.22. The summed E-state index contributed by atoms with van der Waals surface area (Å²) in [7, 11) is 0. The summed E-state index contributed by atoms with van der Waals surface area (Å²) >= 11 is 0. The molecule has 2 atom stereocenters. The monoisotopic (exact) mass is 251 g/mol. The molecule has 1 aliphatic heterocycles. The fourth-order valence-corrected chi connectivity index (χ4v) is 3.18. The summed E-state index contributed by atoms with van der Waals surface area (Å²) in [6.07, 6.45) is 2.27. The van der Waals surface area contributed by atoms with E-state index >= 15 is 0 Å². The molecule has 2 aromatic carbocycles. The predicted octanol–water partition coefficient (Wildman–Crippen LogP) is 3.72. The van der Waals surface area contributed by atoms with Crippen LogP contribution in [-0.4, -0.2) is 6.04 Å². The summed E-state index contributed by atoms with van der Waals surface area (Å²) in [6.45, 7) is 2.18. The van der Waals surface area contributed by atoms with Gasteiger partial charge in [-0.3, -0.25) is 0 Å². The molecule has 1 N–H and O–H groups in total. The molecule has 0 bridgehead atoms.